The molecule has 6 heteroatoms. The van der Waals surface area contributed by atoms with Crippen molar-refractivity contribution in [1.82, 2.24) is 20.6 Å². The molecule has 27 heavy (non-hydrogen) atoms. The zero-order valence-corrected chi connectivity index (χ0v) is 15.6. The lowest BCUT2D eigenvalue weighted by atomic mass is 10.1. The van der Waals surface area contributed by atoms with Gasteiger partial charge in [0.1, 0.15) is 11.6 Å². The molecule has 2 aromatic carbocycles. The summed E-state index contributed by atoms with van der Waals surface area (Å²) in [5.74, 6) is 1.28. The fourth-order valence-electron chi connectivity index (χ4n) is 2.63. The lowest BCUT2D eigenvalue weighted by Gasteiger charge is -2.10. The van der Waals surface area contributed by atoms with E-state index in [-0.39, 0.29) is 5.82 Å². The van der Waals surface area contributed by atoms with Gasteiger partial charge in [0.25, 0.3) is 0 Å². The van der Waals surface area contributed by atoms with Crippen LogP contribution in [0.1, 0.15) is 23.9 Å². The molecule has 0 aliphatic carbocycles. The van der Waals surface area contributed by atoms with Crippen LogP contribution in [0, 0.1) is 12.7 Å². The number of benzene rings is 2. The molecule has 0 atom stereocenters. The van der Waals surface area contributed by atoms with Crippen LogP contribution in [-0.4, -0.2) is 22.5 Å². The third-order valence-corrected chi connectivity index (χ3v) is 4.14. The molecular formula is C21H24FN5. The molecule has 0 unspecified atom stereocenters. The van der Waals surface area contributed by atoms with Gasteiger partial charge in [-0.25, -0.2) is 14.4 Å². The number of aromatic nitrogens is 2. The van der Waals surface area contributed by atoms with Gasteiger partial charge in [-0.05, 0) is 36.6 Å². The summed E-state index contributed by atoms with van der Waals surface area (Å²) in [5, 5.41) is 6.44. The summed E-state index contributed by atoms with van der Waals surface area (Å²) in [5.41, 5.74) is 3.54. The molecule has 0 saturated carbocycles. The van der Waals surface area contributed by atoms with Crippen LogP contribution in [0.5, 0.6) is 0 Å². The van der Waals surface area contributed by atoms with Crippen molar-refractivity contribution >= 4 is 5.96 Å². The molecule has 0 spiro atoms. The predicted octanol–water partition coefficient (Wildman–Crippen LogP) is 3.78. The highest BCUT2D eigenvalue weighted by molar-refractivity contribution is 5.79. The molecule has 3 aromatic rings. The van der Waals surface area contributed by atoms with Gasteiger partial charge in [-0.1, -0.05) is 42.5 Å². The number of nitrogens with one attached hydrogen (secondary N) is 3. The van der Waals surface area contributed by atoms with E-state index in [4.69, 9.17) is 0 Å². The van der Waals surface area contributed by atoms with Crippen molar-refractivity contribution in [2.75, 3.05) is 6.54 Å². The predicted molar refractivity (Wildman–Crippen MR) is 107 cm³/mol. The van der Waals surface area contributed by atoms with Gasteiger partial charge in [-0.2, -0.15) is 0 Å². The van der Waals surface area contributed by atoms with E-state index in [0.29, 0.717) is 24.6 Å². The lowest BCUT2D eigenvalue weighted by molar-refractivity contribution is 0.616. The molecule has 0 bridgehead atoms. The Balaban J connectivity index is 1.62. The Bertz CT molecular complexity index is 902. The van der Waals surface area contributed by atoms with E-state index in [0.717, 1.165) is 29.2 Å². The summed E-state index contributed by atoms with van der Waals surface area (Å²) in [4.78, 5) is 12.2. The third-order valence-electron chi connectivity index (χ3n) is 4.14. The number of aliphatic imine (C=N–C) groups is 1. The Morgan fingerprint density at radius 3 is 2.70 bits per heavy atom. The number of nitrogens with zero attached hydrogens (tertiary/aromatic N) is 2. The molecule has 3 rings (SSSR count). The van der Waals surface area contributed by atoms with E-state index >= 15 is 0 Å². The van der Waals surface area contributed by atoms with Crippen LogP contribution in [0.2, 0.25) is 0 Å². The number of imidazole rings is 1. The molecule has 1 aromatic heterocycles. The number of rotatable bonds is 6. The second kappa shape index (κ2) is 8.98. The summed E-state index contributed by atoms with van der Waals surface area (Å²) in [6, 6.07) is 15.3. The second-order valence-electron chi connectivity index (χ2n) is 6.24. The molecule has 0 saturated heterocycles. The first-order chi connectivity index (χ1) is 13.2. The number of aryl methyl sites for hydroxylation is 1. The SMILES string of the molecule is CCNC(=NCc1ccc(C)c(F)c1)NCc1ncc(-c2ccccc2)[nH]1. The number of aromatic amines is 1. The highest BCUT2D eigenvalue weighted by Gasteiger charge is 2.05. The van der Waals surface area contributed by atoms with Crippen LogP contribution in [0.4, 0.5) is 4.39 Å². The maximum absolute atomic E-state index is 13.7. The van der Waals surface area contributed by atoms with Crippen molar-refractivity contribution in [2.45, 2.75) is 26.9 Å². The van der Waals surface area contributed by atoms with Gasteiger partial charge < -0.3 is 15.6 Å². The molecule has 0 amide bonds. The summed E-state index contributed by atoms with van der Waals surface area (Å²) in [7, 11) is 0. The maximum Gasteiger partial charge on any atom is 0.191 e. The average Bonchev–Trinajstić information content (AvgIpc) is 3.16. The summed E-state index contributed by atoms with van der Waals surface area (Å²) >= 11 is 0. The van der Waals surface area contributed by atoms with Crippen molar-refractivity contribution in [1.29, 1.82) is 0 Å². The topological polar surface area (TPSA) is 65.1 Å². The quantitative estimate of drug-likeness (QED) is 0.460. The van der Waals surface area contributed by atoms with E-state index in [1.807, 2.05) is 49.5 Å². The number of halogens is 1. The smallest absolute Gasteiger partial charge is 0.191 e. The third kappa shape index (κ3) is 5.17. The van der Waals surface area contributed by atoms with E-state index in [1.54, 1.807) is 13.0 Å². The van der Waals surface area contributed by atoms with Crippen LogP contribution in [-0.2, 0) is 13.1 Å². The molecule has 1 heterocycles. The van der Waals surface area contributed by atoms with Crippen LogP contribution in [0.15, 0.2) is 59.7 Å². The fraction of sp³-hybridized carbons (Fsp3) is 0.238. The van der Waals surface area contributed by atoms with Gasteiger partial charge in [0.05, 0.1) is 25.0 Å². The minimum absolute atomic E-state index is 0.204. The van der Waals surface area contributed by atoms with Gasteiger partial charge in [-0.15, -0.1) is 0 Å². The average molecular weight is 365 g/mol. The minimum Gasteiger partial charge on any atom is -0.357 e. The van der Waals surface area contributed by atoms with Crippen LogP contribution >= 0.6 is 0 Å². The first kappa shape index (κ1) is 18.6. The molecule has 0 fully saturated rings. The van der Waals surface area contributed by atoms with Gasteiger partial charge in [-0.3, -0.25) is 0 Å². The van der Waals surface area contributed by atoms with Gasteiger partial charge in [0, 0.05) is 6.54 Å². The van der Waals surface area contributed by atoms with E-state index in [9.17, 15) is 4.39 Å². The Morgan fingerprint density at radius 2 is 1.96 bits per heavy atom. The molecule has 140 valence electrons. The van der Waals surface area contributed by atoms with Crippen molar-refractivity contribution in [3.8, 4) is 11.3 Å². The van der Waals surface area contributed by atoms with E-state index < -0.39 is 0 Å². The largest absolute Gasteiger partial charge is 0.357 e. The number of guanidine groups is 1. The zero-order valence-electron chi connectivity index (χ0n) is 15.6. The first-order valence-corrected chi connectivity index (χ1v) is 9.02. The Kier molecular flexibility index (Phi) is 6.20. The summed E-state index contributed by atoms with van der Waals surface area (Å²) < 4.78 is 13.7. The molecule has 0 radical (unpaired) electrons. The minimum atomic E-state index is -0.204. The van der Waals surface area contributed by atoms with Gasteiger partial charge in [0.2, 0.25) is 0 Å². The molecular weight excluding hydrogens is 341 g/mol. The number of hydrogen-bond acceptors (Lipinski definition) is 2. The van der Waals surface area contributed by atoms with Crippen molar-refractivity contribution in [2.24, 2.45) is 4.99 Å². The normalized spacial score (nSPS) is 11.4. The summed E-state index contributed by atoms with van der Waals surface area (Å²) in [6.07, 6.45) is 1.82. The van der Waals surface area contributed by atoms with Crippen molar-refractivity contribution < 1.29 is 4.39 Å². The first-order valence-electron chi connectivity index (χ1n) is 9.02. The van der Waals surface area contributed by atoms with E-state index in [2.05, 4.69) is 25.6 Å². The van der Waals surface area contributed by atoms with Crippen LogP contribution < -0.4 is 10.6 Å². The van der Waals surface area contributed by atoms with Gasteiger partial charge in [0.15, 0.2) is 5.96 Å². The van der Waals surface area contributed by atoms with Crippen LogP contribution in [0.3, 0.4) is 0 Å². The molecule has 0 aliphatic heterocycles. The fourth-order valence-corrected chi connectivity index (χ4v) is 2.63. The van der Waals surface area contributed by atoms with Crippen molar-refractivity contribution in [3.63, 3.8) is 0 Å². The van der Waals surface area contributed by atoms with Crippen molar-refractivity contribution in [3.05, 3.63) is 77.5 Å². The summed E-state index contributed by atoms with van der Waals surface area (Å²) in [6.45, 7) is 5.41. The second-order valence-corrected chi connectivity index (χ2v) is 6.24. The maximum atomic E-state index is 13.7. The van der Waals surface area contributed by atoms with Crippen LogP contribution in [0.25, 0.3) is 11.3 Å². The lowest BCUT2D eigenvalue weighted by Crippen LogP contribution is -2.37. The van der Waals surface area contributed by atoms with E-state index in [1.165, 1.54) is 6.07 Å². The van der Waals surface area contributed by atoms with Gasteiger partial charge >= 0.3 is 0 Å². The highest BCUT2D eigenvalue weighted by Crippen LogP contribution is 2.16. The molecule has 0 aliphatic rings. The standard InChI is InChI=1S/C21H24FN5/c1-3-23-21(25-12-16-10-9-15(2)18(22)11-16)26-14-20-24-13-19(27-20)17-7-5-4-6-8-17/h4-11,13H,3,12,14H2,1-2H3,(H,24,27)(H2,23,25,26). The molecule has 5 nitrogen and oxygen atoms in total. The number of hydrogen-bond donors (Lipinski definition) is 3. The Morgan fingerprint density at radius 1 is 1.15 bits per heavy atom. The highest BCUT2D eigenvalue weighted by atomic mass is 19.1. The molecule has 3 N–H and O–H groups in total. The Labute approximate surface area is 158 Å². The number of H-pyrrole nitrogens is 1. The Hall–Kier alpha value is -3.15. The zero-order chi connectivity index (χ0) is 19.1. The monoisotopic (exact) mass is 365 g/mol.